The predicted molar refractivity (Wildman–Crippen MR) is 109 cm³/mol. The fraction of sp³-hybridized carbons (Fsp3) is 0.381. The summed E-state index contributed by atoms with van der Waals surface area (Å²) in [6, 6.07) is 11.8. The van der Waals surface area contributed by atoms with Crippen molar-refractivity contribution in [1.82, 2.24) is 4.31 Å². The SMILES string of the molecule is C[C@@H]1Oc2c(C(=O)Nc3ccc(S(=O)(=O)N4CCOCC4)cc3)cccc2[C@@H]1C. The normalized spacial score (nSPS) is 22.0. The van der Waals surface area contributed by atoms with Gasteiger partial charge in [0.15, 0.2) is 0 Å². The lowest BCUT2D eigenvalue weighted by atomic mass is 9.97. The second-order valence-electron chi connectivity index (χ2n) is 7.33. The van der Waals surface area contributed by atoms with Crippen molar-refractivity contribution in [3.05, 3.63) is 53.6 Å². The number of carbonyl (C=O) groups excluding carboxylic acids is 1. The number of anilines is 1. The van der Waals surface area contributed by atoms with Crippen LogP contribution in [-0.2, 0) is 14.8 Å². The highest BCUT2D eigenvalue weighted by Gasteiger charge is 2.31. The van der Waals surface area contributed by atoms with E-state index < -0.39 is 10.0 Å². The third kappa shape index (κ3) is 3.75. The van der Waals surface area contributed by atoms with E-state index in [2.05, 4.69) is 12.2 Å². The number of hydrogen-bond donors (Lipinski definition) is 1. The molecule has 2 aliphatic heterocycles. The zero-order valence-corrected chi connectivity index (χ0v) is 17.2. The minimum Gasteiger partial charge on any atom is -0.489 e. The number of nitrogens with one attached hydrogen (secondary N) is 1. The Balaban J connectivity index is 1.51. The topological polar surface area (TPSA) is 84.9 Å². The van der Waals surface area contributed by atoms with Gasteiger partial charge in [-0.15, -0.1) is 0 Å². The molecule has 2 aromatic carbocycles. The number of sulfonamides is 1. The van der Waals surface area contributed by atoms with Crippen molar-refractivity contribution in [3.63, 3.8) is 0 Å². The van der Waals surface area contributed by atoms with Gasteiger partial charge in [-0.25, -0.2) is 8.42 Å². The Bertz CT molecular complexity index is 1010. The molecule has 2 atom stereocenters. The van der Waals surface area contributed by atoms with E-state index in [4.69, 9.17) is 9.47 Å². The molecule has 0 saturated carbocycles. The lowest BCUT2D eigenvalue weighted by Gasteiger charge is -2.26. The summed E-state index contributed by atoms with van der Waals surface area (Å²) in [7, 11) is -3.56. The van der Waals surface area contributed by atoms with Crippen LogP contribution in [0.1, 0.15) is 35.7 Å². The van der Waals surface area contributed by atoms with Crippen LogP contribution in [-0.4, -0.2) is 51.0 Å². The molecule has 0 bridgehead atoms. The van der Waals surface area contributed by atoms with E-state index >= 15 is 0 Å². The number of amides is 1. The van der Waals surface area contributed by atoms with Crippen molar-refractivity contribution in [1.29, 1.82) is 0 Å². The standard InChI is InChI=1S/C21H24N2O5S/c1-14-15(2)28-20-18(14)4-3-5-19(20)21(24)22-16-6-8-17(9-7-16)29(25,26)23-10-12-27-13-11-23/h3-9,14-15H,10-13H2,1-2H3,(H,22,24)/t14-,15+/m1/s1. The van der Waals surface area contributed by atoms with Gasteiger partial charge in [-0.05, 0) is 37.3 Å². The van der Waals surface area contributed by atoms with Gasteiger partial charge in [0.1, 0.15) is 11.9 Å². The highest BCUT2D eigenvalue weighted by atomic mass is 32.2. The average molecular weight is 416 g/mol. The van der Waals surface area contributed by atoms with Crippen molar-refractivity contribution in [2.24, 2.45) is 0 Å². The highest BCUT2D eigenvalue weighted by Crippen LogP contribution is 2.40. The monoisotopic (exact) mass is 416 g/mol. The number of benzene rings is 2. The van der Waals surface area contributed by atoms with Gasteiger partial charge >= 0.3 is 0 Å². The molecule has 154 valence electrons. The van der Waals surface area contributed by atoms with Gasteiger partial charge in [0.25, 0.3) is 5.91 Å². The maximum atomic E-state index is 12.8. The summed E-state index contributed by atoms with van der Waals surface area (Å²) >= 11 is 0. The lowest BCUT2D eigenvalue weighted by molar-refractivity contribution is 0.0730. The predicted octanol–water partition coefficient (Wildman–Crippen LogP) is 2.84. The molecule has 0 spiro atoms. The molecule has 1 fully saturated rings. The van der Waals surface area contributed by atoms with Crippen LogP contribution in [0.2, 0.25) is 0 Å². The Hall–Kier alpha value is -2.42. The van der Waals surface area contributed by atoms with Crippen LogP contribution < -0.4 is 10.1 Å². The first kappa shape index (κ1) is 19.9. The highest BCUT2D eigenvalue weighted by molar-refractivity contribution is 7.89. The Morgan fingerprint density at radius 2 is 1.76 bits per heavy atom. The van der Waals surface area contributed by atoms with E-state index in [1.807, 2.05) is 19.1 Å². The molecule has 1 amide bonds. The zero-order valence-electron chi connectivity index (χ0n) is 16.4. The summed E-state index contributed by atoms with van der Waals surface area (Å²) in [6.45, 7) is 5.54. The molecular formula is C21H24N2O5S. The largest absolute Gasteiger partial charge is 0.489 e. The molecule has 0 unspecified atom stereocenters. The van der Waals surface area contributed by atoms with Crippen LogP contribution in [0, 0.1) is 0 Å². The van der Waals surface area contributed by atoms with E-state index in [0.717, 1.165) is 5.56 Å². The van der Waals surface area contributed by atoms with Crippen LogP contribution in [0.5, 0.6) is 5.75 Å². The lowest BCUT2D eigenvalue weighted by Crippen LogP contribution is -2.40. The molecular weight excluding hydrogens is 392 g/mol. The average Bonchev–Trinajstić information content (AvgIpc) is 3.03. The smallest absolute Gasteiger partial charge is 0.259 e. The van der Waals surface area contributed by atoms with Gasteiger partial charge in [-0.2, -0.15) is 4.31 Å². The number of morpholine rings is 1. The van der Waals surface area contributed by atoms with Crippen molar-refractivity contribution in [2.45, 2.75) is 30.8 Å². The minimum absolute atomic E-state index is 0.0172. The fourth-order valence-corrected chi connectivity index (χ4v) is 5.02. The summed E-state index contributed by atoms with van der Waals surface area (Å²) in [5.74, 6) is 0.561. The molecule has 2 aromatic rings. The zero-order chi connectivity index (χ0) is 20.6. The van der Waals surface area contributed by atoms with E-state index in [0.29, 0.717) is 43.3 Å². The molecule has 0 aliphatic carbocycles. The molecule has 7 nitrogen and oxygen atoms in total. The molecule has 8 heteroatoms. The number of nitrogens with zero attached hydrogens (tertiary/aromatic N) is 1. The first-order valence-corrected chi connectivity index (χ1v) is 11.1. The van der Waals surface area contributed by atoms with E-state index in [9.17, 15) is 13.2 Å². The number of ether oxygens (including phenoxy) is 2. The molecule has 4 rings (SSSR count). The maximum absolute atomic E-state index is 12.8. The van der Waals surface area contributed by atoms with E-state index in [1.54, 1.807) is 18.2 Å². The molecule has 2 heterocycles. The number of rotatable bonds is 4. The molecule has 1 saturated heterocycles. The number of fused-ring (bicyclic) bond motifs is 1. The van der Waals surface area contributed by atoms with Crippen molar-refractivity contribution in [2.75, 3.05) is 31.6 Å². The summed E-state index contributed by atoms with van der Waals surface area (Å²) in [5.41, 5.74) is 2.02. The second kappa shape index (κ2) is 7.78. The quantitative estimate of drug-likeness (QED) is 0.829. The Labute approximate surface area is 170 Å². The van der Waals surface area contributed by atoms with Gasteiger partial charge in [0, 0.05) is 30.3 Å². The van der Waals surface area contributed by atoms with Gasteiger partial charge in [-0.3, -0.25) is 4.79 Å². The molecule has 29 heavy (non-hydrogen) atoms. The molecule has 0 aromatic heterocycles. The fourth-order valence-electron chi connectivity index (χ4n) is 3.61. The van der Waals surface area contributed by atoms with Gasteiger partial charge in [0.05, 0.1) is 23.7 Å². The Morgan fingerprint density at radius 3 is 2.45 bits per heavy atom. The van der Waals surface area contributed by atoms with Crippen molar-refractivity contribution < 1.29 is 22.7 Å². The van der Waals surface area contributed by atoms with Crippen molar-refractivity contribution in [3.8, 4) is 5.75 Å². The number of hydrogen-bond acceptors (Lipinski definition) is 5. The maximum Gasteiger partial charge on any atom is 0.259 e. The first-order valence-electron chi connectivity index (χ1n) is 9.67. The summed E-state index contributed by atoms with van der Waals surface area (Å²) in [5, 5.41) is 2.83. The molecule has 0 radical (unpaired) electrons. The summed E-state index contributed by atoms with van der Waals surface area (Å²) in [4.78, 5) is 13.0. The molecule has 2 aliphatic rings. The van der Waals surface area contributed by atoms with Gasteiger partial charge in [0.2, 0.25) is 10.0 Å². The third-order valence-electron chi connectivity index (χ3n) is 5.51. The van der Waals surface area contributed by atoms with Gasteiger partial charge in [-0.1, -0.05) is 19.1 Å². The third-order valence-corrected chi connectivity index (χ3v) is 7.42. The van der Waals surface area contributed by atoms with Crippen LogP contribution in [0.3, 0.4) is 0 Å². The second-order valence-corrected chi connectivity index (χ2v) is 9.27. The number of para-hydroxylation sites is 1. The number of carbonyl (C=O) groups is 1. The summed E-state index contributed by atoms with van der Waals surface area (Å²) in [6.07, 6.45) is 0.0172. The van der Waals surface area contributed by atoms with Crippen molar-refractivity contribution >= 4 is 21.6 Å². The van der Waals surface area contributed by atoms with Gasteiger partial charge < -0.3 is 14.8 Å². The Kier molecular flexibility index (Phi) is 5.33. The Morgan fingerprint density at radius 1 is 1.07 bits per heavy atom. The van der Waals surface area contributed by atoms with E-state index in [1.165, 1.54) is 16.4 Å². The summed E-state index contributed by atoms with van der Waals surface area (Å²) < 4.78 is 37.9. The van der Waals surface area contributed by atoms with E-state index in [-0.39, 0.29) is 22.8 Å². The minimum atomic E-state index is -3.56. The van der Waals surface area contributed by atoms with Crippen LogP contribution in [0.15, 0.2) is 47.4 Å². The first-order chi connectivity index (χ1) is 13.9. The molecule has 1 N–H and O–H groups in total. The van der Waals surface area contributed by atoms with Crippen LogP contribution in [0.25, 0.3) is 0 Å². The van der Waals surface area contributed by atoms with Crippen LogP contribution in [0.4, 0.5) is 5.69 Å². The van der Waals surface area contributed by atoms with Crippen LogP contribution >= 0.6 is 0 Å².